The van der Waals surface area contributed by atoms with Gasteiger partial charge in [-0.3, -0.25) is 4.79 Å². The van der Waals surface area contributed by atoms with E-state index in [-0.39, 0.29) is 18.1 Å². The molecule has 0 atom stereocenters. The van der Waals surface area contributed by atoms with E-state index in [1.165, 1.54) is 12.1 Å². The molecule has 0 radical (unpaired) electrons. The molecule has 27 heavy (non-hydrogen) atoms. The normalized spacial score (nSPS) is 11.1. The number of rotatable bonds is 5. The van der Waals surface area contributed by atoms with E-state index in [1.54, 1.807) is 24.5 Å². The van der Waals surface area contributed by atoms with E-state index in [1.807, 2.05) is 39.0 Å². The minimum atomic E-state index is -0.323. The molecule has 3 aromatic rings. The van der Waals surface area contributed by atoms with Crippen LogP contribution >= 0.6 is 0 Å². The van der Waals surface area contributed by atoms with Gasteiger partial charge < -0.3 is 4.57 Å². The SMILES string of the molecule is Cc1ccnc(-n2c(C)cc(/C=N/NC(=O)Cc3ccc(F)cc3)c2C)c1. The highest BCUT2D eigenvalue weighted by molar-refractivity contribution is 5.84. The number of carbonyl (C=O) groups excluding carboxylic acids is 1. The highest BCUT2D eigenvalue weighted by Gasteiger charge is 2.10. The molecule has 6 heteroatoms. The molecule has 2 heterocycles. The van der Waals surface area contributed by atoms with E-state index in [0.717, 1.165) is 33.9 Å². The number of hydrogen-bond acceptors (Lipinski definition) is 3. The van der Waals surface area contributed by atoms with Crippen molar-refractivity contribution in [1.29, 1.82) is 0 Å². The molecule has 0 saturated carbocycles. The number of hydrogen-bond donors (Lipinski definition) is 1. The number of carbonyl (C=O) groups is 1. The third kappa shape index (κ3) is 4.47. The molecule has 0 spiro atoms. The van der Waals surface area contributed by atoms with Gasteiger partial charge in [-0.2, -0.15) is 5.10 Å². The van der Waals surface area contributed by atoms with Crippen molar-refractivity contribution in [2.75, 3.05) is 0 Å². The Balaban J connectivity index is 1.69. The van der Waals surface area contributed by atoms with Crippen LogP contribution in [0.1, 0.15) is 28.1 Å². The maximum Gasteiger partial charge on any atom is 0.244 e. The predicted octanol–water partition coefficient (Wildman–Crippen LogP) is 3.63. The van der Waals surface area contributed by atoms with Crippen molar-refractivity contribution >= 4 is 12.1 Å². The summed E-state index contributed by atoms with van der Waals surface area (Å²) in [5.74, 6) is 0.271. The zero-order valence-corrected chi connectivity index (χ0v) is 15.5. The topological polar surface area (TPSA) is 59.3 Å². The monoisotopic (exact) mass is 364 g/mol. The molecule has 3 rings (SSSR count). The van der Waals surface area contributed by atoms with Gasteiger partial charge in [0.25, 0.3) is 0 Å². The van der Waals surface area contributed by atoms with Gasteiger partial charge in [0.1, 0.15) is 11.6 Å². The molecule has 0 saturated heterocycles. The van der Waals surface area contributed by atoms with Gasteiger partial charge in [-0.15, -0.1) is 0 Å². The van der Waals surface area contributed by atoms with Crippen LogP contribution < -0.4 is 5.43 Å². The summed E-state index contributed by atoms with van der Waals surface area (Å²) < 4.78 is 15.0. The predicted molar refractivity (Wildman–Crippen MR) is 104 cm³/mol. The van der Waals surface area contributed by atoms with Crippen LogP contribution in [0.3, 0.4) is 0 Å². The second-order valence-corrected chi connectivity index (χ2v) is 6.45. The Kier molecular flexibility index (Phi) is 5.45. The molecule has 0 bridgehead atoms. The van der Waals surface area contributed by atoms with E-state index in [0.29, 0.717) is 0 Å². The average Bonchev–Trinajstić information content (AvgIpc) is 2.91. The molecule has 5 nitrogen and oxygen atoms in total. The second kappa shape index (κ2) is 7.95. The zero-order chi connectivity index (χ0) is 19.4. The summed E-state index contributed by atoms with van der Waals surface area (Å²) in [6.45, 7) is 6.01. The van der Waals surface area contributed by atoms with Crippen molar-refractivity contribution in [1.82, 2.24) is 15.0 Å². The number of halogens is 1. The molecule has 0 aliphatic heterocycles. The van der Waals surface area contributed by atoms with Gasteiger partial charge >= 0.3 is 0 Å². The highest BCUT2D eigenvalue weighted by Crippen LogP contribution is 2.18. The van der Waals surface area contributed by atoms with Gasteiger partial charge in [0.2, 0.25) is 5.91 Å². The van der Waals surface area contributed by atoms with Crippen LogP contribution in [0.4, 0.5) is 4.39 Å². The summed E-state index contributed by atoms with van der Waals surface area (Å²) in [4.78, 5) is 16.4. The fraction of sp³-hybridized carbons (Fsp3) is 0.190. The second-order valence-electron chi connectivity index (χ2n) is 6.45. The molecule has 138 valence electrons. The van der Waals surface area contributed by atoms with Crippen molar-refractivity contribution in [3.05, 3.63) is 82.6 Å². The first-order valence-electron chi connectivity index (χ1n) is 8.62. The van der Waals surface area contributed by atoms with Crippen LogP contribution in [0, 0.1) is 26.6 Å². The number of aromatic nitrogens is 2. The maximum absolute atomic E-state index is 12.9. The van der Waals surface area contributed by atoms with Gasteiger partial charge in [0, 0.05) is 23.1 Å². The van der Waals surface area contributed by atoms with E-state index in [4.69, 9.17) is 0 Å². The summed E-state index contributed by atoms with van der Waals surface area (Å²) in [6.07, 6.45) is 3.55. The molecule has 0 unspecified atom stereocenters. The summed E-state index contributed by atoms with van der Waals surface area (Å²) in [7, 11) is 0. The van der Waals surface area contributed by atoms with Crippen LogP contribution in [0.2, 0.25) is 0 Å². The number of amides is 1. The first-order chi connectivity index (χ1) is 12.9. The van der Waals surface area contributed by atoms with E-state index < -0.39 is 0 Å². The number of pyridine rings is 1. The van der Waals surface area contributed by atoms with Crippen LogP contribution in [-0.4, -0.2) is 21.7 Å². The van der Waals surface area contributed by atoms with Crippen molar-refractivity contribution in [2.24, 2.45) is 5.10 Å². The lowest BCUT2D eigenvalue weighted by Crippen LogP contribution is -2.19. The number of benzene rings is 1. The first kappa shape index (κ1) is 18.5. The third-order valence-electron chi connectivity index (χ3n) is 4.27. The highest BCUT2D eigenvalue weighted by atomic mass is 19.1. The summed E-state index contributed by atoms with van der Waals surface area (Å²) in [5.41, 5.74) is 7.30. The molecule has 0 aliphatic rings. The van der Waals surface area contributed by atoms with Crippen molar-refractivity contribution in [2.45, 2.75) is 27.2 Å². The Morgan fingerprint density at radius 3 is 2.63 bits per heavy atom. The van der Waals surface area contributed by atoms with Crippen molar-refractivity contribution < 1.29 is 9.18 Å². The molecule has 0 aliphatic carbocycles. The Hall–Kier alpha value is -3.28. The number of hydrazone groups is 1. The molecule has 0 fully saturated rings. The fourth-order valence-electron chi connectivity index (χ4n) is 2.91. The van der Waals surface area contributed by atoms with Crippen LogP contribution in [0.5, 0.6) is 0 Å². The standard InChI is InChI=1S/C21H21FN4O/c1-14-8-9-23-20(10-14)26-15(2)11-18(16(26)3)13-24-25-21(27)12-17-4-6-19(22)7-5-17/h4-11,13H,12H2,1-3H3,(H,25,27)/b24-13+. The minimum absolute atomic E-state index is 0.143. The van der Waals surface area contributed by atoms with Crippen LogP contribution in [0.15, 0.2) is 53.8 Å². The third-order valence-corrected chi connectivity index (χ3v) is 4.27. The van der Waals surface area contributed by atoms with Crippen molar-refractivity contribution in [3.8, 4) is 5.82 Å². The molecular formula is C21H21FN4O. The van der Waals surface area contributed by atoms with Gasteiger partial charge in [0.05, 0.1) is 12.6 Å². The van der Waals surface area contributed by atoms with Gasteiger partial charge in [-0.05, 0) is 62.2 Å². The Morgan fingerprint density at radius 2 is 1.93 bits per heavy atom. The molecule has 1 N–H and O–H groups in total. The van der Waals surface area contributed by atoms with E-state index in [2.05, 4.69) is 20.1 Å². The van der Waals surface area contributed by atoms with Crippen LogP contribution in [0.25, 0.3) is 5.82 Å². The molecule has 1 aromatic carbocycles. The number of nitrogens with zero attached hydrogens (tertiary/aromatic N) is 3. The first-order valence-corrected chi connectivity index (χ1v) is 8.62. The lowest BCUT2D eigenvalue weighted by Gasteiger charge is -2.08. The summed E-state index contributed by atoms with van der Waals surface area (Å²) in [5, 5.41) is 4.05. The molecular weight excluding hydrogens is 343 g/mol. The maximum atomic E-state index is 12.9. The largest absolute Gasteiger partial charge is 0.303 e. The smallest absolute Gasteiger partial charge is 0.244 e. The fourth-order valence-corrected chi connectivity index (χ4v) is 2.91. The van der Waals surface area contributed by atoms with E-state index in [9.17, 15) is 9.18 Å². The van der Waals surface area contributed by atoms with Gasteiger partial charge in [0.15, 0.2) is 0 Å². The van der Waals surface area contributed by atoms with Gasteiger partial charge in [-0.1, -0.05) is 12.1 Å². The Bertz CT molecular complexity index is 990. The average molecular weight is 364 g/mol. The molecule has 1 amide bonds. The summed E-state index contributed by atoms with van der Waals surface area (Å²) in [6, 6.07) is 11.8. The van der Waals surface area contributed by atoms with E-state index >= 15 is 0 Å². The summed E-state index contributed by atoms with van der Waals surface area (Å²) >= 11 is 0. The van der Waals surface area contributed by atoms with Crippen LogP contribution in [-0.2, 0) is 11.2 Å². The zero-order valence-electron chi connectivity index (χ0n) is 15.5. The minimum Gasteiger partial charge on any atom is -0.303 e. The quantitative estimate of drug-likeness (QED) is 0.555. The Labute approximate surface area is 157 Å². The number of nitrogens with one attached hydrogen (secondary N) is 1. The lowest BCUT2D eigenvalue weighted by molar-refractivity contribution is -0.120. The van der Waals surface area contributed by atoms with Crippen molar-refractivity contribution in [3.63, 3.8) is 0 Å². The van der Waals surface area contributed by atoms with Gasteiger partial charge in [-0.25, -0.2) is 14.8 Å². The number of aryl methyl sites for hydroxylation is 2. The molecule has 2 aromatic heterocycles. The Morgan fingerprint density at radius 1 is 1.19 bits per heavy atom. The lowest BCUT2D eigenvalue weighted by atomic mass is 10.1.